The minimum Gasteiger partial charge on any atom is -0.376 e. The molecule has 0 heterocycles. The van der Waals surface area contributed by atoms with Crippen molar-refractivity contribution in [3.05, 3.63) is 0 Å². The van der Waals surface area contributed by atoms with Crippen molar-refractivity contribution in [1.82, 2.24) is 5.32 Å². The van der Waals surface area contributed by atoms with Crippen LogP contribution in [0.1, 0.15) is 52.4 Å². The molecule has 100 valence electrons. The quantitative estimate of drug-likeness (QED) is 0.695. The monoisotopic (exact) mass is 242 g/mol. The van der Waals surface area contributed by atoms with E-state index in [4.69, 9.17) is 10.5 Å². The molecule has 0 atom stereocenters. The molecule has 1 aliphatic rings. The van der Waals surface area contributed by atoms with E-state index in [1.54, 1.807) is 0 Å². The third-order valence-electron chi connectivity index (χ3n) is 2.95. The fourth-order valence-electron chi connectivity index (χ4n) is 2.12. The van der Waals surface area contributed by atoms with Crippen molar-refractivity contribution in [2.24, 2.45) is 5.73 Å². The zero-order valence-corrected chi connectivity index (χ0v) is 11.1. The second-order valence-electron chi connectivity index (χ2n) is 5.65. The molecule has 1 aliphatic carbocycles. The molecule has 0 spiro atoms. The minimum atomic E-state index is -0.436. The van der Waals surface area contributed by atoms with Gasteiger partial charge in [0.05, 0.1) is 12.7 Å². The van der Waals surface area contributed by atoms with Crippen molar-refractivity contribution >= 4 is 5.91 Å². The number of carbonyl (C=O) groups is 1. The number of hydrogen-bond acceptors (Lipinski definition) is 3. The Kier molecular flexibility index (Phi) is 5.92. The molecule has 0 aromatic heterocycles. The van der Waals surface area contributed by atoms with E-state index in [1.165, 1.54) is 32.1 Å². The topological polar surface area (TPSA) is 64.4 Å². The highest BCUT2D eigenvalue weighted by atomic mass is 16.5. The van der Waals surface area contributed by atoms with Gasteiger partial charge in [0, 0.05) is 18.5 Å². The van der Waals surface area contributed by atoms with Gasteiger partial charge in [0.15, 0.2) is 0 Å². The molecular formula is C13H26N2O2. The minimum absolute atomic E-state index is 0.00439. The maximum atomic E-state index is 11.5. The number of amides is 1. The van der Waals surface area contributed by atoms with Crippen molar-refractivity contribution < 1.29 is 9.53 Å². The van der Waals surface area contributed by atoms with Crippen molar-refractivity contribution in [2.75, 3.05) is 13.2 Å². The van der Waals surface area contributed by atoms with Crippen LogP contribution in [0.4, 0.5) is 0 Å². The van der Waals surface area contributed by atoms with Crippen LogP contribution >= 0.6 is 0 Å². The van der Waals surface area contributed by atoms with Gasteiger partial charge in [0.25, 0.3) is 0 Å². The summed E-state index contributed by atoms with van der Waals surface area (Å²) >= 11 is 0. The predicted octanol–water partition coefficient (Wildman–Crippen LogP) is 1.58. The second-order valence-corrected chi connectivity index (χ2v) is 5.65. The molecule has 1 rings (SSSR count). The zero-order valence-electron chi connectivity index (χ0n) is 11.1. The van der Waals surface area contributed by atoms with Gasteiger partial charge in [-0.15, -0.1) is 0 Å². The molecule has 0 aromatic carbocycles. The third-order valence-corrected chi connectivity index (χ3v) is 2.95. The molecule has 0 aliphatic heterocycles. The number of nitrogens with one attached hydrogen (secondary N) is 1. The number of hydrogen-bond donors (Lipinski definition) is 2. The molecule has 4 nitrogen and oxygen atoms in total. The number of carbonyl (C=O) groups excluding carboxylic acids is 1. The summed E-state index contributed by atoms with van der Waals surface area (Å²) in [5.41, 5.74) is 5.33. The molecule has 0 saturated heterocycles. The Morgan fingerprint density at radius 2 is 2.00 bits per heavy atom. The van der Waals surface area contributed by atoms with Crippen LogP contribution in [-0.4, -0.2) is 30.7 Å². The fourth-order valence-corrected chi connectivity index (χ4v) is 2.12. The average molecular weight is 242 g/mol. The normalized spacial score (nSPS) is 18.1. The van der Waals surface area contributed by atoms with Crippen LogP contribution in [0.5, 0.6) is 0 Å². The van der Waals surface area contributed by atoms with Crippen molar-refractivity contribution in [3.63, 3.8) is 0 Å². The molecule has 0 aromatic rings. The predicted molar refractivity (Wildman–Crippen MR) is 68.7 cm³/mol. The SMILES string of the molecule is CC(C)(N)CC(=O)NCCOC1CCCCC1. The Hall–Kier alpha value is -0.610. The van der Waals surface area contributed by atoms with Crippen molar-refractivity contribution in [3.8, 4) is 0 Å². The Morgan fingerprint density at radius 3 is 2.59 bits per heavy atom. The van der Waals surface area contributed by atoms with Gasteiger partial charge >= 0.3 is 0 Å². The summed E-state index contributed by atoms with van der Waals surface area (Å²) in [7, 11) is 0. The largest absolute Gasteiger partial charge is 0.376 e. The second kappa shape index (κ2) is 6.97. The van der Waals surface area contributed by atoms with Crippen LogP contribution in [0.3, 0.4) is 0 Å². The summed E-state index contributed by atoms with van der Waals surface area (Å²) in [6.45, 7) is 4.91. The Morgan fingerprint density at radius 1 is 1.35 bits per heavy atom. The molecule has 4 heteroatoms. The van der Waals surface area contributed by atoms with Crippen LogP contribution in [0, 0.1) is 0 Å². The lowest BCUT2D eigenvalue weighted by molar-refractivity contribution is -0.122. The van der Waals surface area contributed by atoms with Gasteiger partial charge < -0.3 is 15.8 Å². The van der Waals surface area contributed by atoms with E-state index in [0.717, 1.165) is 0 Å². The third kappa shape index (κ3) is 7.34. The standard InChI is InChI=1S/C13H26N2O2/c1-13(2,14)10-12(16)15-8-9-17-11-6-4-3-5-7-11/h11H,3-10,14H2,1-2H3,(H,15,16). The van der Waals surface area contributed by atoms with Crippen LogP contribution in [0.15, 0.2) is 0 Å². The molecule has 1 amide bonds. The lowest BCUT2D eigenvalue weighted by Gasteiger charge is -2.22. The molecule has 0 unspecified atom stereocenters. The Bertz CT molecular complexity index is 230. The molecule has 17 heavy (non-hydrogen) atoms. The highest BCUT2D eigenvalue weighted by Crippen LogP contribution is 2.19. The first-order valence-corrected chi connectivity index (χ1v) is 6.64. The van der Waals surface area contributed by atoms with Gasteiger partial charge in [-0.3, -0.25) is 4.79 Å². The number of rotatable bonds is 6. The lowest BCUT2D eigenvalue weighted by atomic mass is 9.98. The molecule has 1 fully saturated rings. The summed E-state index contributed by atoms with van der Waals surface area (Å²) in [6.07, 6.45) is 7.00. The summed E-state index contributed by atoms with van der Waals surface area (Å²) in [5, 5.41) is 2.83. The zero-order chi connectivity index (χ0) is 12.7. The first kappa shape index (κ1) is 14.5. The summed E-state index contributed by atoms with van der Waals surface area (Å²) < 4.78 is 5.72. The van der Waals surface area contributed by atoms with Gasteiger partial charge in [0.1, 0.15) is 0 Å². The molecule has 0 radical (unpaired) electrons. The van der Waals surface area contributed by atoms with Gasteiger partial charge in [-0.05, 0) is 26.7 Å². The van der Waals surface area contributed by atoms with E-state index in [9.17, 15) is 4.79 Å². The Labute approximate surface area is 104 Å². The summed E-state index contributed by atoms with van der Waals surface area (Å²) in [4.78, 5) is 11.5. The molecular weight excluding hydrogens is 216 g/mol. The highest BCUT2D eigenvalue weighted by Gasteiger charge is 2.16. The maximum absolute atomic E-state index is 11.5. The number of nitrogens with two attached hydrogens (primary N) is 1. The van der Waals surface area contributed by atoms with Gasteiger partial charge in [0.2, 0.25) is 5.91 Å². The van der Waals surface area contributed by atoms with Gasteiger partial charge in [-0.2, -0.15) is 0 Å². The first-order chi connectivity index (χ1) is 7.97. The fraction of sp³-hybridized carbons (Fsp3) is 0.923. The maximum Gasteiger partial charge on any atom is 0.221 e. The lowest BCUT2D eigenvalue weighted by Crippen LogP contribution is -2.40. The van der Waals surface area contributed by atoms with Gasteiger partial charge in [-0.1, -0.05) is 19.3 Å². The van der Waals surface area contributed by atoms with Crippen LogP contribution in [-0.2, 0) is 9.53 Å². The summed E-state index contributed by atoms with van der Waals surface area (Å²) in [6, 6.07) is 0. The molecule has 3 N–H and O–H groups in total. The van der Waals surface area contributed by atoms with E-state index in [1.807, 2.05) is 13.8 Å². The van der Waals surface area contributed by atoms with E-state index in [-0.39, 0.29) is 5.91 Å². The van der Waals surface area contributed by atoms with Crippen LogP contribution in [0.25, 0.3) is 0 Å². The van der Waals surface area contributed by atoms with Crippen molar-refractivity contribution in [1.29, 1.82) is 0 Å². The molecule has 0 bridgehead atoms. The Balaban J connectivity index is 2.01. The summed E-state index contributed by atoms with van der Waals surface area (Å²) in [5.74, 6) is 0.00439. The van der Waals surface area contributed by atoms with E-state index < -0.39 is 5.54 Å². The number of ether oxygens (including phenoxy) is 1. The highest BCUT2D eigenvalue weighted by molar-refractivity contribution is 5.76. The average Bonchev–Trinajstić information content (AvgIpc) is 2.23. The smallest absolute Gasteiger partial charge is 0.221 e. The van der Waals surface area contributed by atoms with E-state index in [0.29, 0.717) is 25.7 Å². The van der Waals surface area contributed by atoms with Crippen LogP contribution < -0.4 is 11.1 Å². The molecule has 1 saturated carbocycles. The van der Waals surface area contributed by atoms with Crippen LogP contribution in [0.2, 0.25) is 0 Å². The van der Waals surface area contributed by atoms with Crippen molar-refractivity contribution in [2.45, 2.75) is 64.0 Å². The van der Waals surface area contributed by atoms with E-state index >= 15 is 0 Å². The van der Waals surface area contributed by atoms with E-state index in [2.05, 4.69) is 5.32 Å². The first-order valence-electron chi connectivity index (χ1n) is 6.64. The van der Waals surface area contributed by atoms with Gasteiger partial charge in [-0.25, -0.2) is 0 Å².